The Labute approximate surface area is 150 Å². The number of rotatable bonds is 7. The topological polar surface area (TPSA) is 75.4 Å². The van der Waals surface area contributed by atoms with E-state index in [0.717, 1.165) is 39.0 Å². The molecule has 1 atom stereocenters. The summed E-state index contributed by atoms with van der Waals surface area (Å²) < 4.78 is 0. The first-order valence-corrected chi connectivity index (χ1v) is 9.28. The van der Waals surface area contributed by atoms with E-state index in [-0.39, 0.29) is 10.6 Å². The molecule has 0 spiro atoms. The third kappa shape index (κ3) is 5.03. The van der Waals surface area contributed by atoms with Gasteiger partial charge in [0.25, 0.3) is 0 Å². The fourth-order valence-corrected chi connectivity index (χ4v) is 3.50. The minimum absolute atomic E-state index is 0.0536. The molecule has 7 heteroatoms. The van der Waals surface area contributed by atoms with Crippen LogP contribution in [0.25, 0.3) is 0 Å². The zero-order valence-corrected chi connectivity index (χ0v) is 16.1. The molecule has 25 heavy (non-hydrogen) atoms. The van der Waals surface area contributed by atoms with E-state index < -0.39 is 0 Å². The van der Waals surface area contributed by atoms with Crippen LogP contribution in [0.2, 0.25) is 0 Å². The van der Waals surface area contributed by atoms with Gasteiger partial charge in [-0.1, -0.05) is 34.6 Å². The smallest absolute Gasteiger partial charge is 0.350 e. The van der Waals surface area contributed by atoms with Gasteiger partial charge in [-0.25, -0.2) is 9.97 Å². The summed E-state index contributed by atoms with van der Waals surface area (Å²) in [7, 11) is 0. The summed E-state index contributed by atoms with van der Waals surface area (Å²) in [6, 6.07) is 0. The molecule has 2 heterocycles. The summed E-state index contributed by atoms with van der Waals surface area (Å²) in [5.41, 5.74) is 0.0536. The van der Waals surface area contributed by atoms with E-state index in [1.165, 1.54) is 6.33 Å². The van der Waals surface area contributed by atoms with Crippen LogP contribution in [0.4, 0.5) is 17.3 Å². The van der Waals surface area contributed by atoms with Crippen LogP contribution in [0.15, 0.2) is 6.33 Å². The van der Waals surface area contributed by atoms with Gasteiger partial charge in [-0.05, 0) is 30.6 Å². The first kappa shape index (κ1) is 19.4. The van der Waals surface area contributed by atoms with E-state index in [9.17, 15) is 10.1 Å². The second kappa shape index (κ2) is 8.45. The molecule has 1 unspecified atom stereocenters. The molecule has 1 aliphatic rings. The van der Waals surface area contributed by atoms with Gasteiger partial charge in [-0.2, -0.15) is 0 Å². The summed E-state index contributed by atoms with van der Waals surface area (Å²) in [4.78, 5) is 24.3. The van der Waals surface area contributed by atoms with Crippen molar-refractivity contribution >= 4 is 17.3 Å². The monoisotopic (exact) mass is 349 g/mol. The lowest BCUT2D eigenvalue weighted by atomic mass is 10.0. The fourth-order valence-electron chi connectivity index (χ4n) is 3.50. The lowest BCUT2D eigenvalue weighted by Crippen LogP contribution is -2.37. The van der Waals surface area contributed by atoms with Crippen molar-refractivity contribution in [3.05, 3.63) is 16.4 Å². The largest absolute Gasteiger partial charge is 0.353 e. The molecule has 2 rings (SSSR count). The van der Waals surface area contributed by atoms with Gasteiger partial charge in [0.15, 0.2) is 0 Å². The molecule has 0 aliphatic carbocycles. The Bertz CT molecular complexity index is 581. The van der Waals surface area contributed by atoms with Crippen LogP contribution in [0.3, 0.4) is 0 Å². The second-order valence-corrected chi connectivity index (χ2v) is 8.01. The molecule has 1 aromatic rings. The van der Waals surface area contributed by atoms with Crippen molar-refractivity contribution in [2.45, 2.75) is 47.5 Å². The highest BCUT2D eigenvalue weighted by Crippen LogP contribution is 2.36. The van der Waals surface area contributed by atoms with Crippen LogP contribution in [0.5, 0.6) is 0 Å². The zero-order chi connectivity index (χ0) is 18.6. The van der Waals surface area contributed by atoms with Crippen molar-refractivity contribution in [1.29, 1.82) is 0 Å². The van der Waals surface area contributed by atoms with Gasteiger partial charge < -0.3 is 9.80 Å². The van der Waals surface area contributed by atoms with Crippen LogP contribution in [0, 0.1) is 27.9 Å². The highest BCUT2D eigenvalue weighted by atomic mass is 16.6. The van der Waals surface area contributed by atoms with E-state index in [2.05, 4.69) is 49.5 Å². The minimum atomic E-state index is -0.308. The van der Waals surface area contributed by atoms with Gasteiger partial charge in [-0.3, -0.25) is 10.1 Å². The van der Waals surface area contributed by atoms with Crippen LogP contribution in [-0.2, 0) is 0 Å². The third-order valence-corrected chi connectivity index (χ3v) is 4.39. The standard InChI is InChI=1S/C18H31N5O2/c1-13(2)9-22(10-14(3)4)18-16(23(24)25)17(19-12-20-18)21-8-6-7-15(5)11-21/h12-15H,6-11H2,1-5H3. The van der Waals surface area contributed by atoms with E-state index in [4.69, 9.17) is 0 Å². The maximum absolute atomic E-state index is 11.9. The zero-order valence-electron chi connectivity index (χ0n) is 16.1. The van der Waals surface area contributed by atoms with E-state index in [1.54, 1.807) is 0 Å². The highest BCUT2D eigenvalue weighted by Gasteiger charge is 2.32. The number of aromatic nitrogens is 2. The molecule has 0 amide bonds. The first-order valence-electron chi connectivity index (χ1n) is 9.28. The van der Waals surface area contributed by atoms with Crippen molar-refractivity contribution in [3.63, 3.8) is 0 Å². The Kier molecular flexibility index (Phi) is 6.56. The lowest BCUT2D eigenvalue weighted by molar-refractivity contribution is -0.383. The molecule has 0 bridgehead atoms. The maximum Gasteiger partial charge on any atom is 0.353 e. The molecule has 1 aromatic heterocycles. The summed E-state index contributed by atoms with van der Waals surface area (Å²) >= 11 is 0. The van der Waals surface area contributed by atoms with Gasteiger partial charge in [0.1, 0.15) is 6.33 Å². The summed E-state index contributed by atoms with van der Waals surface area (Å²) in [6.07, 6.45) is 3.68. The Balaban J connectivity index is 2.45. The second-order valence-electron chi connectivity index (χ2n) is 8.01. The van der Waals surface area contributed by atoms with Crippen LogP contribution < -0.4 is 9.80 Å². The average Bonchev–Trinajstić information content (AvgIpc) is 2.52. The van der Waals surface area contributed by atoms with Gasteiger partial charge in [0, 0.05) is 26.2 Å². The normalized spacial score (nSPS) is 18.0. The summed E-state index contributed by atoms with van der Waals surface area (Å²) in [5.74, 6) is 2.24. The Hall–Kier alpha value is -1.92. The molecule has 7 nitrogen and oxygen atoms in total. The predicted molar refractivity (Wildman–Crippen MR) is 101 cm³/mol. The predicted octanol–water partition coefficient (Wildman–Crippen LogP) is 3.74. The number of nitro groups is 1. The molecular weight excluding hydrogens is 318 g/mol. The van der Waals surface area contributed by atoms with Gasteiger partial charge in [0.05, 0.1) is 4.92 Å². The quantitative estimate of drug-likeness (QED) is 0.551. The molecule has 0 saturated carbocycles. The number of nitrogens with zero attached hydrogens (tertiary/aromatic N) is 5. The lowest BCUT2D eigenvalue weighted by Gasteiger charge is -2.32. The molecule has 1 saturated heterocycles. The van der Waals surface area contributed by atoms with Gasteiger partial charge in [-0.15, -0.1) is 0 Å². The van der Waals surface area contributed by atoms with E-state index >= 15 is 0 Å². The van der Waals surface area contributed by atoms with Crippen LogP contribution in [-0.4, -0.2) is 41.1 Å². The number of anilines is 2. The van der Waals surface area contributed by atoms with E-state index in [1.807, 2.05) is 4.90 Å². The van der Waals surface area contributed by atoms with Gasteiger partial charge in [0.2, 0.25) is 11.6 Å². The minimum Gasteiger partial charge on any atom is -0.350 e. The molecule has 1 fully saturated rings. The highest BCUT2D eigenvalue weighted by molar-refractivity contribution is 5.71. The summed E-state index contributed by atoms with van der Waals surface area (Å²) in [5, 5.41) is 11.9. The van der Waals surface area contributed by atoms with Crippen LogP contribution >= 0.6 is 0 Å². The number of hydrogen-bond donors (Lipinski definition) is 0. The number of piperidine rings is 1. The molecular formula is C18H31N5O2. The Morgan fingerprint density at radius 2 is 1.92 bits per heavy atom. The average molecular weight is 349 g/mol. The molecule has 0 aromatic carbocycles. The van der Waals surface area contributed by atoms with Crippen molar-refractivity contribution in [2.24, 2.45) is 17.8 Å². The van der Waals surface area contributed by atoms with Gasteiger partial charge >= 0.3 is 5.69 Å². The van der Waals surface area contributed by atoms with Crippen LogP contribution in [0.1, 0.15) is 47.5 Å². The van der Waals surface area contributed by atoms with Crippen molar-refractivity contribution in [3.8, 4) is 0 Å². The molecule has 1 aliphatic heterocycles. The molecule has 140 valence electrons. The SMILES string of the molecule is CC(C)CN(CC(C)C)c1ncnc(N2CCCC(C)C2)c1[N+](=O)[O-]. The van der Waals surface area contributed by atoms with E-state index in [0.29, 0.717) is 29.4 Å². The molecule has 0 N–H and O–H groups in total. The van der Waals surface area contributed by atoms with Crippen molar-refractivity contribution < 1.29 is 4.92 Å². The first-order chi connectivity index (χ1) is 11.8. The summed E-state index contributed by atoms with van der Waals surface area (Å²) in [6.45, 7) is 13.8. The number of hydrogen-bond acceptors (Lipinski definition) is 6. The fraction of sp³-hybridized carbons (Fsp3) is 0.778. The Morgan fingerprint density at radius 1 is 1.28 bits per heavy atom. The Morgan fingerprint density at radius 3 is 2.44 bits per heavy atom. The van der Waals surface area contributed by atoms with Crippen molar-refractivity contribution in [1.82, 2.24) is 9.97 Å². The maximum atomic E-state index is 11.9. The van der Waals surface area contributed by atoms with Crippen molar-refractivity contribution in [2.75, 3.05) is 36.0 Å². The third-order valence-electron chi connectivity index (χ3n) is 4.39. The molecule has 0 radical (unpaired) electrons.